The van der Waals surface area contributed by atoms with Gasteiger partial charge in [-0.05, 0) is 25.1 Å². The van der Waals surface area contributed by atoms with E-state index in [1.165, 1.54) is 25.4 Å². The Morgan fingerprint density at radius 1 is 1.38 bits per heavy atom. The fourth-order valence-corrected chi connectivity index (χ4v) is 3.33. The largest absolute Gasteiger partial charge is 0.496 e. The van der Waals surface area contributed by atoms with Gasteiger partial charge in [0, 0.05) is 18.8 Å². The van der Waals surface area contributed by atoms with Gasteiger partial charge < -0.3 is 9.47 Å². The van der Waals surface area contributed by atoms with Crippen LogP contribution < -0.4 is 9.64 Å². The Kier molecular flexibility index (Phi) is 5.13. The van der Waals surface area contributed by atoms with Crippen LogP contribution in [0, 0.1) is 0 Å². The van der Waals surface area contributed by atoms with Crippen molar-refractivity contribution in [2.24, 2.45) is 4.99 Å². The molecule has 26 heavy (non-hydrogen) atoms. The quantitative estimate of drug-likeness (QED) is 0.596. The summed E-state index contributed by atoms with van der Waals surface area (Å²) >= 11 is 1.33. The molecule has 1 amide bonds. The molecule has 0 saturated carbocycles. The van der Waals surface area contributed by atoms with E-state index in [2.05, 4.69) is 9.98 Å². The van der Waals surface area contributed by atoms with Crippen LogP contribution >= 0.6 is 11.3 Å². The highest BCUT2D eigenvalue weighted by Crippen LogP contribution is 2.26. The second kappa shape index (κ2) is 7.49. The summed E-state index contributed by atoms with van der Waals surface area (Å²) in [6.07, 6.45) is 1.54. The number of thiazole rings is 1. The van der Waals surface area contributed by atoms with E-state index in [1.54, 1.807) is 28.5 Å². The van der Waals surface area contributed by atoms with Gasteiger partial charge in [-0.2, -0.15) is 0 Å². The van der Waals surface area contributed by atoms with Gasteiger partial charge >= 0.3 is 5.97 Å². The number of cyclic esters (lactones) is 1. The third-order valence-corrected chi connectivity index (χ3v) is 4.56. The Balaban J connectivity index is 1.90. The Hall–Kier alpha value is -3.00. The van der Waals surface area contributed by atoms with Crippen molar-refractivity contribution in [1.82, 2.24) is 4.98 Å². The number of amides is 1. The molecule has 2 heterocycles. The number of benzene rings is 1. The van der Waals surface area contributed by atoms with Crippen molar-refractivity contribution in [3.05, 3.63) is 46.6 Å². The van der Waals surface area contributed by atoms with Crippen LogP contribution in [0.15, 0.2) is 40.3 Å². The molecule has 2 aromatic rings. The first-order chi connectivity index (χ1) is 12.5. The van der Waals surface area contributed by atoms with Gasteiger partial charge in [-0.25, -0.2) is 14.8 Å². The normalized spacial score (nSPS) is 15.0. The van der Waals surface area contributed by atoms with Gasteiger partial charge in [0.1, 0.15) is 5.75 Å². The van der Waals surface area contributed by atoms with Crippen LogP contribution in [-0.2, 0) is 14.3 Å². The summed E-state index contributed by atoms with van der Waals surface area (Å²) in [5.74, 6) is 0.113. The molecule has 0 saturated heterocycles. The van der Waals surface area contributed by atoms with Gasteiger partial charge in [-0.15, -0.1) is 11.3 Å². The zero-order valence-corrected chi connectivity index (χ0v) is 15.4. The fourth-order valence-electron chi connectivity index (χ4n) is 2.44. The third kappa shape index (κ3) is 3.50. The zero-order valence-electron chi connectivity index (χ0n) is 14.6. The number of hydrogen-bond acceptors (Lipinski definition) is 7. The molecule has 8 heteroatoms. The first-order valence-corrected chi connectivity index (χ1v) is 8.81. The molecular formula is C18H17N3O4S. The highest BCUT2D eigenvalue weighted by molar-refractivity contribution is 7.14. The van der Waals surface area contributed by atoms with E-state index in [4.69, 9.17) is 9.47 Å². The average Bonchev–Trinajstić information content (AvgIpc) is 3.23. The SMILES string of the molecule is CCN(C(C)=O)c1nc(/C=C2\N=C(c3ccccc3OC)OC2=O)cs1. The maximum absolute atomic E-state index is 12.1. The predicted molar refractivity (Wildman–Crippen MR) is 99.4 cm³/mol. The van der Waals surface area contributed by atoms with Gasteiger partial charge in [0.25, 0.3) is 0 Å². The van der Waals surface area contributed by atoms with Gasteiger partial charge in [0.15, 0.2) is 10.8 Å². The van der Waals surface area contributed by atoms with E-state index >= 15 is 0 Å². The molecule has 0 fully saturated rings. The third-order valence-electron chi connectivity index (χ3n) is 3.68. The fraction of sp³-hybridized carbons (Fsp3) is 0.222. The summed E-state index contributed by atoms with van der Waals surface area (Å²) in [5, 5.41) is 2.34. The molecule has 0 radical (unpaired) electrons. The van der Waals surface area contributed by atoms with Crippen LogP contribution in [0.5, 0.6) is 5.75 Å². The van der Waals surface area contributed by atoms with Gasteiger partial charge in [-0.3, -0.25) is 9.69 Å². The molecule has 1 aromatic carbocycles. The number of methoxy groups -OCH3 is 1. The number of nitrogens with zero attached hydrogens (tertiary/aromatic N) is 3. The molecular weight excluding hydrogens is 354 g/mol. The number of ether oxygens (including phenoxy) is 2. The number of hydrogen-bond donors (Lipinski definition) is 0. The Bertz CT molecular complexity index is 917. The Labute approximate surface area is 154 Å². The molecule has 0 bridgehead atoms. The predicted octanol–water partition coefficient (Wildman–Crippen LogP) is 2.87. The van der Waals surface area contributed by atoms with E-state index in [0.29, 0.717) is 28.7 Å². The van der Waals surface area contributed by atoms with E-state index < -0.39 is 5.97 Å². The lowest BCUT2D eigenvalue weighted by Gasteiger charge is -2.14. The molecule has 0 N–H and O–H groups in total. The van der Waals surface area contributed by atoms with Gasteiger partial charge in [0.2, 0.25) is 11.8 Å². The number of aromatic nitrogens is 1. The molecule has 1 aromatic heterocycles. The number of carbonyl (C=O) groups is 2. The van der Waals surface area contributed by atoms with Crippen molar-refractivity contribution >= 4 is 40.3 Å². The number of esters is 1. The van der Waals surface area contributed by atoms with E-state index in [1.807, 2.05) is 19.1 Å². The monoisotopic (exact) mass is 371 g/mol. The van der Waals surface area contributed by atoms with Crippen LogP contribution in [0.3, 0.4) is 0 Å². The summed E-state index contributed by atoms with van der Waals surface area (Å²) in [6.45, 7) is 3.89. The number of anilines is 1. The topological polar surface area (TPSA) is 81.1 Å². The number of rotatable bonds is 5. The molecule has 7 nitrogen and oxygen atoms in total. The van der Waals surface area contributed by atoms with Crippen LogP contribution in [-0.4, -0.2) is 36.4 Å². The van der Waals surface area contributed by atoms with E-state index in [9.17, 15) is 9.59 Å². The van der Waals surface area contributed by atoms with Crippen molar-refractivity contribution in [3.63, 3.8) is 0 Å². The molecule has 0 aliphatic carbocycles. The first-order valence-electron chi connectivity index (χ1n) is 7.93. The van der Waals surface area contributed by atoms with Crippen LogP contribution in [0.2, 0.25) is 0 Å². The minimum Gasteiger partial charge on any atom is -0.496 e. The molecule has 0 atom stereocenters. The minimum absolute atomic E-state index is 0.0854. The second-order valence-electron chi connectivity index (χ2n) is 5.35. The number of aliphatic imine (C=N–C) groups is 1. The standard InChI is InChI=1S/C18H17N3O4S/c1-4-21(11(2)22)18-19-12(10-26-18)9-14-17(23)25-16(20-14)13-7-5-6-8-15(13)24-3/h5-10H,4H2,1-3H3/b14-9-. The maximum atomic E-state index is 12.1. The molecule has 3 rings (SSSR count). The number of carbonyl (C=O) groups excluding carboxylic acids is 2. The zero-order chi connectivity index (χ0) is 18.7. The molecule has 1 aliphatic heterocycles. The molecule has 0 unspecified atom stereocenters. The maximum Gasteiger partial charge on any atom is 0.363 e. The van der Waals surface area contributed by atoms with Crippen LogP contribution in [0.25, 0.3) is 6.08 Å². The van der Waals surface area contributed by atoms with Crippen molar-refractivity contribution in [1.29, 1.82) is 0 Å². The number of para-hydroxylation sites is 1. The van der Waals surface area contributed by atoms with E-state index in [0.717, 1.165) is 0 Å². The van der Waals surface area contributed by atoms with Crippen molar-refractivity contribution in [3.8, 4) is 5.75 Å². The molecule has 134 valence electrons. The molecule has 1 aliphatic rings. The summed E-state index contributed by atoms with van der Waals surface area (Å²) in [7, 11) is 1.54. The highest BCUT2D eigenvalue weighted by atomic mass is 32.1. The summed E-state index contributed by atoms with van der Waals surface area (Å²) in [5.41, 5.74) is 1.29. The second-order valence-corrected chi connectivity index (χ2v) is 6.19. The van der Waals surface area contributed by atoms with Crippen LogP contribution in [0.4, 0.5) is 5.13 Å². The Morgan fingerprint density at radius 3 is 2.85 bits per heavy atom. The van der Waals surface area contributed by atoms with Crippen molar-refractivity contribution in [2.45, 2.75) is 13.8 Å². The lowest BCUT2D eigenvalue weighted by molar-refractivity contribution is -0.130. The van der Waals surface area contributed by atoms with Crippen molar-refractivity contribution < 1.29 is 19.1 Å². The van der Waals surface area contributed by atoms with Crippen molar-refractivity contribution in [2.75, 3.05) is 18.6 Å². The molecule has 0 spiro atoms. The minimum atomic E-state index is -0.556. The lowest BCUT2D eigenvalue weighted by atomic mass is 10.2. The smallest absolute Gasteiger partial charge is 0.363 e. The lowest BCUT2D eigenvalue weighted by Crippen LogP contribution is -2.27. The summed E-state index contributed by atoms with van der Waals surface area (Å²) < 4.78 is 10.5. The summed E-state index contributed by atoms with van der Waals surface area (Å²) in [6, 6.07) is 7.16. The average molecular weight is 371 g/mol. The van der Waals surface area contributed by atoms with Crippen LogP contribution in [0.1, 0.15) is 25.1 Å². The van der Waals surface area contributed by atoms with Gasteiger partial charge in [0.05, 0.1) is 18.4 Å². The Morgan fingerprint density at radius 2 is 2.15 bits per heavy atom. The summed E-state index contributed by atoms with van der Waals surface area (Å²) in [4.78, 5) is 33.9. The van der Waals surface area contributed by atoms with Gasteiger partial charge in [-0.1, -0.05) is 12.1 Å². The highest BCUT2D eigenvalue weighted by Gasteiger charge is 2.26. The van der Waals surface area contributed by atoms with E-state index in [-0.39, 0.29) is 17.5 Å². The first kappa shape index (κ1) is 17.8.